The van der Waals surface area contributed by atoms with Crippen LogP contribution in [0.2, 0.25) is 0 Å². The first-order chi connectivity index (χ1) is 8.93. The molecule has 2 aliphatic heterocycles. The first kappa shape index (κ1) is 10.8. The SMILES string of the molecule is c1cc(C2CCC2)c2c(n1)N1CCNC[C@H]1CC2. The monoisotopic (exact) mass is 243 g/mol. The summed E-state index contributed by atoms with van der Waals surface area (Å²) >= 11 is 0. The van der Waals surface area contributed by atoms with Crippen molar-refractivity contribution < 1.29 is 0 Å². The molecule has 18 heavy (non-hydrogen) atoms. The zero-order valence-electron chi connectivity index (χ0n) is 10.9. The van der Waals surface area contributed by atoms with Gasteiger partial charge < -0.3 is 10.2 Å². The van der Waals surface area contributed by atoms with Crippen LogP contribution in [0.15, 0.2) is 12.3 Å². The van der Waals surface area contributed by atoms with Gasteiger partial charge in [0.15, 0.2) is 0 Å². The summed E-state index contributed by atoms with van der Waals surface area (Å²) in [6, 6.07) is 2.96. The minimum absolute atomic E-state index is 0.676. The minimum Gasteiger partial charge on any atom is -0.351 e. The van der Waals surface area contributed by atoms with Gasteiger partial charge in [0.05, 0.1) is 0 Å². The number of aromatic nitrogens is 1. The highest BCUT2D eigenvalue weighted by atomic mass is 15.3. The second-order valence-corrected chi connectivity index (χ2v) is 5.92. The fraction of sp³-hybridized carbons (Fsp3) is 0.667. The average molecular weight is 243 g/mol. The van der Waals surface area contributed by atoms with Gasteiger partial charge in [-0.3, -0.25) is 0 Å². The van der Waals surface area contributed by atoms with E-state index in [1.807, 2.05) is 6.20 Å². The molecule has 3 heteroatoms. The molecule has 3 heterocycles. The van der Waals surface area contributed by atoms with E-state index in [1.165, 1.54) is 37.9 Å². The molecular formula is C15H21N3. The van der Waals surface area contributed by atoms with E-state index in [1.54, 1.807) is 11.1 Å². The van der Waals surface area contributed by atoms with Gasteiger partial charge in [-0.25, -0.2) is 4.98 Å². The van der Waals surface area contributed by atoms with Crippen molar-refractivity contribution >= 4 is 5.82 Å². The van der Waals surface area contributed by atoms with Crippen LogP contribution in [0.4, 0.5) is 5.82 Å². The van der Waals surface area contributed by atoms with Crippen LogP contribution in [-0.4, -0.2) is 30.7 Å². The molecule has 0 unspecified atom stereocenters. The van der Waals surface area contributed by atoms with Crippen molar-refractivity contribution in [1.29, 1.82) is 0 Å². The van der Waals surface area contributed by atoms with Crippen molar-refractivity contribution in [3.63, 3.8) is 0 Å². The van der Waals surface area contributed by atoms with E-state index in [0.29, 0.717) is 6.04 Å². The van der Waals surface area contributed by atoms with Gasteiger partial charge in [0.25, 0.3) is 0 Å². The smallest absolute Gasteiger partial charge is 0.132 e. The summed E-state index contributed by atoms with van der Waals surface area (Å²) in [5, 5.41) is 3.51. The molecule has 1 atom stereocenters. The standard InChI is InChI=1S/C15H21N3/c1-2-11(3-1)13-6-7-17-15-14(13)5-4-12-10-16-8-9-18(12)15/h6-7,11-12,16H,1-5,8-10H2/t12-/m1/s1. The number of hydrogen-bond acceptors (Lipinski definition) is 3. The highest BCUT2D eigenvalue weighted by Crippen LogP contribution is 2.42. The fourth-order valence-corrected chi connectivity index (χ4v) is 3.71. The Morgan fingerprint density at radius 2 is 2.22 bits per heavy atom. The summed E-state index contributed by atoms with van der Waals surface area (Å²) in [6.45, 7) is 3.36. The van der Waals surface area contributed by atoms with Crippen LogP contribution >= 0.6 is 0 Å². The lowest BCUT2D eigenvalue weighted by Crippen LogP contribution is -2.53. The quantitative estimate of drug-likeness (QED) is 0.818. The maximum absolute atomic E-state index is 4.70. The third-order valence-corrected chi connectivity index (χ3v) is 4.96. The van der Waals surface area contributed by atoms with E-state index in [0.717, 1.165) is 25.6 Å². The molecule has 2 fully saturated rings. The zero-order chi connectivity index (χ0) is 11.9. The number of pyridine rings is 1. The largest absolute Gasteiger partial charge is 0.351 e. The number of anilines is 1. The molecule has 1 aromatic rings. The molecule has 3 nitrogen and oxygen atoms in total. The van der Waals surface area contributed by atoms with Gasteiger partial charge in [0, 0.05) is 31.9 Å². The Bertz CT molecular complexity index is 453. The van der Waals surface area contributed by atoms with Crippen LogP contribution in [-0.2, 0) is 6.42 Å². The highest BCUT2D eigenvalue weighted by molar-refractivity contribution is 5.55. The van der Waals surface area contributed by atoms with Gasteiger partial charge in [-0.2, -0.15) is 0 Å². The van der Waals surface area contributed by atoms with Crippen LogP contribution in [0.1, 0.15) is 42.7 Å². The van der Waals surface area contributed by atoms with Crippen molar-refractivity contribution in [3.05, 3.63) is 23.4 Å². The summed E-state index contributed by atoms with van der Waals surface area (Å²) in [6.07, 6.45) is 8.76. The van der Waals surface area contributed by atoms with Gasteiger partial charge in [-0.1, -0.05) is 6.42 Å². The molecule has 0 bridgehead atoms. The number of rotatable bonds is 1. The van der Waals surface area contributed by atoms with E-state index >= 15 is 0 Å². The van der Waals surface area contributed by atoms with E-state index in [2.05, 4.69) is 16.3 Å². The molecule has 0 aromatic carbocycles. The Kier molecular flexibility index (Phi) is 2.54. The number of hydrogen-bond donors (Lipinski definition) is 1. The fourth-order valence-electron chi connectivity index (χ4n) is 3.71. The van der Waals surface area contributed by atoms with Gasteiger partial charge in [-0.15, -0.1) is 0 Å². The van der Waals surface area contributed by atoms with Crippen molar-refractivity contribution in [2.45, 2.75) is 44.1 Å². The summed E-state index contributed by atoms with van der Waals surface area (Å²) in [4.78, 5) is 7.26. The van der Waals surface area contributed by atoms with Crippen molar-refractivity contribution in [2.24, 2.45) is 0 Å². The molecule has 4 rings (SSSR count). The van der Waals surface area contributed by atoms with Gasteiger partial charge in [-0.05, 0) is 48.8 Å². The maximum atomic E-state index is 4.70. The molecule has 1 saturated carbocycles. The first-order valence-corrected chi connectivity index (χ1v) is 7.38. The summed E-state index contributed by atoms with van der Waals surface area (Å²) in [7, 11) is 0. The minimum atomic E-state index is 0.676. The van der Waals surface area contributed by atoms with Crippen molar-refractivity contribution in [2.75, 3.05) is 24.5 Å². The molecule has 0 spiro atoms. The first-order valence-electron chi connectivity index (χ1n) is 7.38. The van der Waals surface area contributed by atoms with Crippen LogP contribution in [0.5, 0.6) is 0 Å². The Labute approximate surface area is 109 Å². The van der Waals surface area contributed by atoms with Gasteiger partial charge in [0.1, 0.15) is 5.82 Å². The number of nitrogens with one attached hydrogen (secondary N) is 1. The lowest BCUT2D eigenvalue weighted by atomic mass is 9.77. The molecular weight excluding hydrogens is 222 g/mol. The molecule has 3 aliphatic rings. The topological polar surface area (TPSA) is 28.2 Å². The summed E-state index contributed by atoms with van der Waals surface area (Å²) in [5.41, 5.74) is 3.18. The maximum Gasteiger partial charge on any atom is 0.132 e. The van der Waals surface area contributed by atoms with Gasteiger partial charge >= 0.3 is 0 Å². The summed E-state index contributed by atoms with van der Waals surface area (Å²) in [5.74, 6) is 2.14. The van der Waals surface area contributed by atoms with Crippen LogP contribution in [0, 0.1) is 0 Å². The predicted molar refractivity (Wildman–Crippen MR) is 73.2 cm³/mol. The Morgan fingerprint density at radius 1 is 1.28 bits per heavy atom. The second kappa shape index (κ2) is 4.23. The third kappa shape index (κ3) is 1.57. The van der Waals surface area contributed by atoms with Gasteiger partial charge in [0.2, 0.25) is 0 Å². The van der Waals surface area contributed by atoms with Crippen LogP contribution in [0.3, 0.4) is 0 Å². The number of nitrogens with zero attached hydrogens (tertiary/aromatic N) is 2. The highest BCUT2D eigenvalue weighted by Gasteiger charge is 2.32. The van der Waals surface area contributed by atoms with E-state index in [4.69, 9.17) is 4.98 Å². The lowest BCUT2D eigenvalue weighted by Gasteiger charge is -2.43. The molecule has 1 saturated heterocycles. The van der Waals surface area contributed by atoms with Crippen molar-refractivity contribution in [3.8, 4) is 0 Å². The molecule has 1 aromatic heterocycles. The summed E-state index contributed by atoms with van der Waals surface area (Å²) < 4.78 is 0. The Hall–Kier alpha value is -1.09. The normalized spacial score (nSPS) is 27.3. The predicted octanol–water partition coefficient (Wildman–Crippen LogP) is 2.07. The number of piperazine rings is 1. The van der Waals surface area contributed by atoms with E-state index in [9.17, 15) is 0 Å². The Morgan fingerprint density at radius 3 is 3.06 bits per heavy atom. The third-order valence-electron chi connectivity index (χ3n) is 4.96. The molecule has 96 valence electrons. The average Bonchev–Trinajstić information content (AvgIpc) is 2.37. The van der Waals surface area contributed by atoms with Crippen molar-refractivity contribution in [1.82, 2.24) is 10.3 Å². The lowest BCUT2D eigenvalue weighted by molar-refractivity contribution is 0.405. The molecule has 0 amide bonds. The van der Waals surface area contributed by atoms with Crippen LogP contribution < -0.4 is 10.2 Å². The number of fused-ring (bicyclic) bond motifs is 3. The van der Waals surface area contributed by atoms with E-state index < -0.39 is 0 Å². The molecule has 1 N–H and O–H groups in total. The molecule has 1 aliphatic carbocycles. The Balaban J connectivity index is 1.74. The zero-order valence-corrected chi connectivity index (χ0v) is 10.9. The van der Waals surface area contributed by atoms with E-state index in [-0.39, 0.29) is 0 Å². The molecule has 0 radical (unpaired) electrons. The second-order valence-electron chi connectivity index (χ2n) is 5.92. The van der Waals surface area contributed by atoms with Crippen LogP contribution in [0.25, 0.3) is 0 Å².